The molecule has 0 aromatic carbocycles. The van der Waals surface area contributed by atoms with Gasteiger partial charge in [0.05, 0.1) is 6.04 Å². The first-order valence-corrected chi connectivity index (χ1v) is 7.55. The van der Waals surface area contributed by atoms with Crippen LogP contribution >= 0.6 is 0 Å². The van der Waals surface area contributed by atoms with Crippen molar-refractivity contribution in [3.8, 4) is 0 Å². The Labute approximate surface area is 116 Å². The number of hydrogen-bond donors (Lipinski definition) is 1. The lowest BCUT2D eigenvalue weighted by atomic mass is 9.78. The Balaban J connectivity index is 2.05. The summed E-state index contributed by atoms with van der Waals surface area (Å²) in [6.45, 7) is 6.07. The summed E-state index contributed by atoms with van der Waals surface area (Å²) in [5.74, 6) is 3.59. The zero-order valence-electron chi connectivity index (χ0n) is 12.4. The molecule has 1 atom stereocenters. The summed E-state index contributed by atoms with van der Waals surface area (Å²) in [6.07, 6.45) is 5.30. The van der Waals surface area contributed by atoms with Crippen LogP contribution in [0.5, 0.6) is 0 Å². The third kappa shape index (κ3) is 3.83. The number of ether oxygens (including phenoxy) is 1. The number of nitrogens with one attached hydrogen (secondary N) is 1. The smallest absolute Gasteiger partial charge is 0.129 e. The molecule has 1 aliphatic carbocycles. The van der Waals surface area contributed by atoms with Crippen LogP contribution in [0.3, 0.4) is 0 Å². The summed E-state index contributed by atoms with van der Waals surface area (Å²) in [5.41, 5.74) is 0. The number of rotatable bonds is 6. The van der Waals surface area contributed by atoms with Gasteiger partial charge in [0, 0.05) is 7.11 Å². The van der Waals surface area contributed by atoms with Crippen LogP contribution in [-0.4, -0.2) is 13.7 Å². The van der Waals surface area contributed by atoms with Crippen molar-refractivity contribution < 1.29 is 9.15 Å². The zero-order valence-corrected chi connectivity index (χ0v) is 12.4. The lowest BCUT2D eigenvalue weighted by Crippen LogP contribution is -2.30. The monoisotopic (exact) mass is 265 g/mol. The van der Waals surface area contributed by atoms with E-state index in [4.69, 9.17) is 9.15 Å². The van der Waals surface area contributed by atoms with Crippen molar-refractivity contribution in [3.63, 3.8) is 0 Å². The molecule has 1 saturated carbocycles. The lowest BCUT2D eigenvalue weighted by Gasteiger charge is -2.32. The highest BCUT2D eigenvalue weighted by Crippen LogP contribution is 2.37. The van der Waals surface area contributed by atoms with Gasteiger partial charge in [-0.05, 0) is 43.4 Å². The van der Waals surface area contributed by atoms with Crippen molar-refractivity contribution in [1.82, 2.24) is 5.32 Å². The lowest BCUT2D eigenvalue weighted by molar-refractivity contribution is 0.156. The van der Waals surface area contributed by atoms with Crippen LogP contribution in [-0.2, 0) is 11.3 Å². The third-order valence-electron chi connectivity index (χ3n) is 4.23. The van der Waals surface area contributed by atoms with E-state index < -0.39 is 0 Å². The first-order chi connectivity index (χ1) is 9.24. The van der Waals surface area contributed by atoms with Gasteiger partial charge < -0.3 is 14.5 Å². The summed E-state index contributed by atoms with van der Waals surface area (Å²) >= 11 is 0. The van der Waals surface area contributed by atoms with Gasteiger partial charge in [0.25, 0.3) is 0 Å². The highest BCUT2D eigenvalue weighted by Gasteiger charge is 2.28. The van der Waals surface area contributed by atoms with Gasteiger partial charge in [-0.1, -0.05) is 26.7 Å². The second-order valence-electron chi connectivity index (χ2n) is 5.79. The Morgan fingerprint density at radius 3 is 2.68 bits per heavy atom. The van der Waals surface area contributed by atoms with Crippen molar-refractivity contribution in [3.05, 3.63) is 23.7 Å². The van der Waals surface area contributed by atoms with E-state index in [1.54, 1.807) is 7.11 Å². The van der Waals surface area contributed by atoms with Gasteiger partial charge in [-0.2, -0.15) is 0 Å². The average molecular weight is 265 g/mol. The van der Waals surface area contributed by atoms with E-state index in [0.29, 0.717) is 18.6 Å². The first-order valence-electron chi connectivity index (χ1n) is 7.55. The van der Waals surface area contributed by atoms with Crippen molar-refractivity contribution >= 4 is 0 Å². The maximum absolute atomic E-state index is 5.93. The van der Waals surface area contributed by atoms with E-state index in [9.17, 15) is 0 Å². The fraction of sp³-hybridized carbons (Fsp3) is 0.750. The van der Waals surface area contributed by atoms with Crippen LogP contribution in [0.4, 0.5) is 0 Å². The fourth-order valence-corrected chi connectivity index (χ4v) is 3.12. The Morgan fingerprint density at radius 2 is 2.05 bits per heavy atom. The van der Waals surface area contributed by atoms with Gasteiger partial charge in [0.2, 0.25) is 0 Å². The molecule has 1 unspecified atom stereocenters. The molecule has 2 rings (SSSR count). The van der Waals surface area contributed by atoms with Gasteiger partial charge in [-0.15, -0.1) is 0 Å². The minimum Gasteiger partial charge on any atom is -0.462 e. The molecule has 0 radical (unpaired) electrons. The Hall–Kier alpha value is -0.800. The van der Waals surface area contributed by atoms with Crippen LogP contribution < -0.4 is 5.32 Å². The SMILES string of the molecule is CCNC(c1ccc(COC)o1)C1CCC(C)CC1. The van der Waals surface area contributed by atoms with Gasteiger partial charge in [-0.3, -0.25) is 0 Å². The Morgan fingerprint density at radius 1 is 1.32 bits per heavy atom. The first kappa shape index (κ1) is 14.6. The molecule has 0 spiro atoms. The average Bonchev–Trinajstić information content (AvgIpc) is 2.86. The summed E-state index contributed by atoms with van der Waals surface area (Å²) in [7, 11) is 1.70. The van der Waals surface area contributed by atoms with Crippen LogP contribution in [0.15, 0.2) is 16.5 Å². The summed E-state index contributed by atoms with van der Waals surface area (Å²) in [5, 5.41) is 3.60. The van der Waals surface area contributed by atoms with Crippen molar-refractivity contribution in [2.24, 2.45) is 11.8 Å². The Kier molecular flexibility index (Phi) is 5.46. The second kappa shape index (κ2) is 7.11. The number of methoxy groups -OCH3 is 1. The molecule has 0 saturated heterocycles. The van der Waals surface area contributed by atoms with E-state index in [1.807, 2.05) is 6.07 Å². The predicted molar refractivity (Wildman–Crippen MR) is 77.0 cm³/mol. The van der Waals surface area contributed by atoms with Gasteiger partial charge in [-0.25, -0.2) is 0 Å². The van der Waals surface area contributed by atoms with Crippen molar-refractivity contribution in [2.45, 2.75) is 52.2 Å². The van der Waals surface area contributed by atoms with Gasteiger partial charge in [0.15, 0.2) is 0 Å². The molecule has 0 aliphatic heterocycles. The number of furan rings is 1. The summed E-state index contributed by atoms with van der Waals surface area (Å²) in [4.78, 5) is 0. The second-order valence-corrected chi connectivity index (χ2v) is 5.79. The van der Waals surface area contributed by atoms with Crippen LogP contribution in [0, 0.1) is 11.8 Å². The normalized spacial score (nSPS) is 25.4. The molecule has 19 heavy (non-hydrogen) atoms. The number of hydrogen-bond acceptors (Lipinski definition) is 3. The molecule has 1 heterocycles. The maximum Gasteiger partial charge on any atom is 0.129 e. The van der Waals surface area contributed by atoms with Gasteiger partial charge >= 0.3 is 0 Å². The van der Waals surface area contributed by atoms with Crippen molar-refractivity contribution in [1.29, 1.82) is 0 Å². The molecule has 1 fully saturated rings. The van der Waals surface area contributed by atoms with E-state index in [2.05, 4.69) is 25.2 Å². The van der Waals surface area contributed by atoms with E-state index >= 15 is 0 Å². The highest BCUT2D eigenvalue weighted by molar-refractivity contribution is 5.12. The molecule has 3 nitrogen and oxygen atoms in total. The molecule has 108 valence electrons. The van der Waals surface area contributed by atoms with Crippen LogP contribution in [0.2, 0.25) is 0 Å². The molecule has 0 amide bonds. The molecule has 1 aromatic heterocycles. The summed E-state index contributed by atoms with van der Waals surface area (Å²) < 4.78 is 11.1. The quantitative estimate of drug-likeness (QED) is 0.847. The predicted octanol–water partition coefficient (Wildman–Crippen LogP) is 3.90. The topological polar surface area (TPSA) is 34.4 Å². The molecular weight excluding hydrogens is 238 g/mol. The molecular formula is C16H27NO2. The molecule has 0 bridgehead atoms. The molecule has 1 aromatic rings. The van der Waals surface area contributed by atoms with Crippen LogP contribution in [0.1, 0.15) is 57.1 Å². The van der Waals surface area contributed by atoms with Crippen LogP contribution in [0.25, 0.3) is 0 Å². The standard InChI is InChI=1S/C16H27NO2/c1-4-17-16(13-7-5-12(2)6-8-13)15-10-9-14(19-15)11-18-3/h9-10,12-13,16-17H,4-8,11H2,1-3H3. The van der Waals surface area contributed by atoms with Crippen molar-refractivity contribution in [2.75, 3.05) is 13.7 Å². The van der Waals surface area contributed by atoms with E-state index in [1.165, 1.54) is 25.7 Å². The van der Waals surface area contributed by atoms with E-state index in [-0.39, 0.29) is 0 Å². The maximum atomic E-state index is 5.93. The largest absolute Gasteiger partial charge is 0.462 e. The summed E-state index contributed by atoms with van der Waals surface area (Å²) in [6, 6.07) is 4.51. The molecule has 1 aliphatic rings. The molecule has 3 heteroatoms. The Bertz CT molecular complexity index is 367. The highest BCUT2D eigenvalue weighted by atomic mass is 16.5. The van der Waals surface area contributed by atoms with Gasteiger partial charge in [0.1, 0.15) is 18.1 Å². The zero-order chi connectivity index (χ0) is 13.7. The van der Waals surface area contributed by atoms with E-state index in [0.717, 1.165) is 24.0 Å². The molecule has 1 N–H and O–H groups in total. The fourth-order valence-electron chi connectivity index (χ4n) is 3.12. The minimum atomic E-state index is 0.364. The minimum absolute atomic E-state index is 0.364. The third-order valence-corrected chi connectivity index (χ3v) is 4.23.